The van der Waals surface area contributed by atoms with E-state index in [2.05, 4.69) is 5.32 Å². The van der Waals surface area contributed by atoms with Crippen LogP contribution in [-0.2, 0) is 11.2 Å². The summed E-state index contributed by atoms with van der Waals surface area (Å²) in [6.07, 6.45) is 0.362. The predicted octanol–water partition coefficient (Wildman–Crippen LogP) is 0.877. The predicted molar refractivity (Wildman–Crippen MR) is 63.9 cm³/mol. The van der Waals surface area contributed by atoms with Crippen molar-refractivity contribution in [2.24, 2.45) is 0 Å². The van der Waals surface area contributed by atoms with Crippen LogP contribution >= 0.6 is 0 Å². The fourth-order valence-electron chi connectivity index (χ4n) is 1.85. The van der Waals surface area contributed by atoms with Crippen molar-refractivity contribution in [3.8, 4) is 5.75 Å². The molecule has 0 aromatic heterocycles. The third-order valence-electron chi connectivity index (χ3n) is 2.80. The third kappa shape index (κ3) is 2.97. The fourth-order valence-corrected chi connectivity index (χ4v) is 1.85. The Labute approximate surface area is 101 Å². The SMILES string of the molecule is CC(O)CCNC(=O)C1Cc2ccccc2O1. The van der Waals surface area contributed by atoms with Gasteiger partial charge in [0.05, 0.1) is 6.10 Å². The lowest BCUT2D eigenvalue weighted by molar-refractivity contribution is -0.127. The van der Waals surface area contributed by atoms with Crippen LogP contribution in [0.1, 0.15) is 18.9 Å². The van der Waals surface area contributed by atoms with E-state index in [-0.39, 0.29) is 5.91 Å². The van der Waals surface area contributed by atoms with Gasteiger partial charge in [0, 0.05) is 13.0 Å². The Morgan fingerprint density at radius 1 is 1.59 bits per heavy atom. The molecule has 1 heterocycles. The molecular weight excluding hydrogens is 218 g/mol. The monoisotopic (exact) mass is 235 g/mol. The highest BCUT2D eigenvalue weighted by atomic mass is 16.5. The van der Waals surface area contributed by atoms with Crippen LogP contribution in [0.25, 0.3) is 0 Å². The molecule has 0 fully saturated rings. The number of aliphatic hydroxyl groups excluding tert-OH is 1. The van der Waals surface area contributed by atoms with Crippen molar-refractivity contribution in [1.29, 1.82) is 0 Å². The van der Waals surface area contributed by atoms with Gasteiger partial charge < -0.3 is 15.2 Å². The first kappa shape index (κ1) is 11.9. The van der Waals surface area contributed by atoms with Crippen molar-refractivity contribution in [1.82, 2.24) is 5.32 Å². The van der Waals surface area contributed by atoms with Gasteiger partial charge in [0.25, 0.3) is 5.91 Å². The Kier molecular flexibility index (Phi) is 3.64. The van der Waals surface area contributed by atoms with Gasteiger partial charge in [-0.05, 0) is 25.0 Å². The minimum atomic E-state index is -0.429. The Hall–Kier alpha value is -1.55. The molecule has 0 saturated heterocycles. The topological polar surface area (TPSA) is 58.6 Å². The number of rotatable bonds is 4. The lowest BCUT2D eigenvalue weighted by atomic mass is 10.1. The minimum absolute atomic E-state index is 0.109. The van der Waals surface area contributed by atoms with Crippen molar-refractivity contribution in [2.45, 2.75) is 32.0 Å². The second-order valence-corrected chi connectivity index (χ2v) is 4.35. The molecule has 0 spiro atoms. The number of ether oxygens (including phenoxy) is 1. The van der Waals surface area contributed by atoms with E-state index in [1.165, 1.54) is 0 Å². The number of nitrogens with one attached hydrogen (secondary N) is 1. The molecular formula is C13H17NO3. The maximum atomic E-state index is 11.8. The highest BCUT2D eigenvalue weighted by Crippen LogP contribution is 2.27. The molecule has 0 aliphatic carbocycles. The maximum absolute atomic E-state index is 11.8. The highest BCUT2D eigenvalue weighted by Gasteiger charge is 2.28. The van der Waals surface area contributed by atoms with Gasteiger partial charge >= 0.3 is 0 Å². The van der Waals surface area contributed by atoms with Crippen LogP contribution in [0, 0.1) is 0 Å². The molecule has 92 valence electrons. The van der Waals surface area contributed by atoms with Crippen molar-refractivity contribution >= 4 is 5.91 Å². The van der Waals surface area contributed by atoms with Gasteiger partial charge in [-0.2, -0.15) is 0 Å². The smallest absolute Gasteiger partial charge is 0.261 e. The highest BCUT2D eigenvalue weighted by molar-refractivity contribution is 5.82. The first-order chi connectivity index (χ1) is 8.16. The van der Waals surface area contributed by atoms with Crippen LogP contribution in [0.4, 0.5) is 0 Å². The zero-order chi connectivity index (χ0) is 12.3. The average Bonchev–Trinajstić information content (AvgIpc) is 2.71. The van der Waals surface area contributed by atoms with E-state index in [9.17, 15) is 4.79 Å². The molecule has 2 N–H and O–H groups in total. The number of aliphatic hydroxyl groups is 1. The number of hydrogen-bond acceptors (Lipinski definition) is 3. The Morgan fingerprint density at radius 3 is 3.06 bits per heavy atom. The second kappa shape index (κ2) is 5.19. The number of carbonyl (C=O) groups is 1. The molecule has 0 radical (unpaired) electrons. The van der Waals surface area contributed by atoms with Crippen LogP contribution in [0.2, 0.25) is 0 Å². The van der Waals surface area contributed by atoms with E-state index in [4.69, 9.17) is 9.84 Å². The van der Waals surface area contributed by atoms with Crippen molar-refractivity contribution in [3.63, 3.8) is 0 Å². The third-order valence-corrected chi connectivity index (χ3v) is 2.80. The Morgan fingerprint density at radius 2 is 2.35 bits per heavy atom. The molecule has 1 amide bonds. The zero-order valence-corrected chi connectivity index (χ0v) is 9.85. The molecule has 4 nitrogen and oxygen atoms in total. The molecule has 0 bridgehead atoms. The number of fused-ring (bicyclic) bond motifs is 1. The Balaban J connectivity index is 1.84. The number of amides is 1. The van der Waals surface area contributed by atoms with Gasteiger partial charge in [-0.15, -0.1) is 0 Å². The van der Waals surface area contributed by atoms with Crippen molar-refractivity contribution in [3.05, 3.63) is 29.8 Å². The molecule has 2 rings (SSSR count). The summed E-state index contributed by atoms with van der Waals surface area (Å²) in [6, 6.07) is 7.68. The van der Waals surface area contributed by atoms with E-state index in [0.29, 0.717) is 19.4 Å². The normalized spacial score (nSPS) is 19.3. The molecule has 17 heavy (non-hydrogen) atoms. The zero-order valence-electron chi connectivity index (χ0n) is 9.85. The summed E-state index contributed by atoms with van der Waals surface area (Å²) in [5.74, 6) is 0.685. The van der Waals surface area contributed by atoms with E-state index in [0.717, 1.165) is 11.3 Å². The van der Waals surface area contributed by atoms with Crippen molar-refractivity contribution in [2.75, 3.05) is 6.54 Å². The summed E-state index contributed by atoms with van der Waals surface area (Å²) in [7, 11) is 0. The number of benzene rings is 1. The second-order valence-electron chi connectivity index (χ2n) is 4.35. The summed E-state index contributed by atoms with van der Waals surface area (Å²) in [5.41, 5.74) is 1.07. The molecule has 1 aliphatic heterocycles. The van der Waals surface area contributed by atoms with Gasteiger partial charge in [0.1, 0.15) is 5.75 Å². The van der Waals surface area contributed by atoms with E-state index in [1.54, 1.807) is 6.92 Å². The minimum Gasteiger partial charge on any atom is -0.480 e. The summed E-state index contributed by atoms with van der Waals surface area (Å²) < 4.78 is 5.55. The van der Waals surface area contributed by atoms with Crippen LogP contribution in [0.5, 0.6) is 5.75 Å². The lowest BCUT2D eigenvalue weighted by Crippen LogP contribution is -2.38. The van der Waals surface area contributed by atoms with Crippen LogP contribution in [0.15, 0.2) is 24.3 Å². The number of hydrogen-bond donors (Lipinski definition) is 2. The van der Waals surface area contributed by atoms with E-state index < -0.39 is 12.2 Å². The largest absolute Gasteiger partial charge is 0.480 e. The van der Waals surface area contributed by atoms with Crippen LogP contribution in [0.3, 0.4) is 0 Å². The van der Waals surface area contributed by atoms with Gasteiger partial charge in [0.15, 0.2) is 6.10 Å². The maximum Gasteiger partial charge on any atom is 0.261 e. The first-order valence-corrected chi connectivity index (χ1v) is 5.87. The molecule has 2 atom stereocenters. The van der Waals surface area contributed by atoms with Gasteiger partial charge in [0.2, 0.25) is 0 Å². The number of carbonyl (C=O) groups excluding carboxylic acids is 1. The number of para-hydroxylation sites is 1. The van der Waals surface area contributed by atoms with Gasteiger partial charge in [-0.1, -0.05) is 18.2 Å². The van der Waals surface area contributed by atoms with Gasteiger partial charge in [-0.3, -0.25) is 4.79 Å². The summed E-state index contributed by atoms with van der Waals surface area (Å²) >= 11 is 0. The summed E-state index contributed by atoms with van der Waals surface area (Å²) in [4.78, 5) is 11.8. The molecule has 1 aromatic carbocycles. The summed E-state index contributed by atoms with van der Waals surface area (Å²) in [6.45, 7) is 2.18. The van der Waals surface area contributed by atoms with Gasteiger partial charge in [-0.25, -0.2) is 0 Å². The average molecular weight is 235 g/mol. The molecule has 1 aliphatic rings. The molecule has 4 heteroatoms. The quantitative estimate of drug-likeness (QED) is 0.814. The van der Waals surface area contributed by atoms with Crippen molar-refractivity contribution < 1.29 is 14.6 Å². The van der Waals surface area contributed by atoms with E-state index in [1.807, 2.05) is 24.3 Å². The fraction of sp³-hybridized carbons (Fsp3) is 0.462. The first-order valence-electron chi connectivity index (χ1n) is 5.87. The Bertz CT molecular complexity index is 378. The lowest BCUT2D eigenvalue weighted by Gasteiger charge is -2.11. The molecule has 0 saturated carbocycles. The van der Waals surface area contributed by atoms with E-state index >= 15 is 0 Å². The molecule has 2 unspecified atom stereocenters. The standard InChI is InChI=1S/C13H17NO3/c1-9(15)6-7-14-13(16)12-8-10-4-2-3-5-11(10)17-12/h2-5,9,12,15H,6-8H2,1H3,(H,14,16). The van der Waals surface area contributed by atoms with Crippen LogP contribution < -0.4 is 10.1 Å². The molecule has 1 aromatic rings. The van der Waals surface area contributed by atoms with Crippen LogP contribution in [-0.4, -0.2) is 29.8 Å². The summed E-state index contributed by atoms with van der Waals surface area (Å²) in [5, 5.41) is 11.9.